The van der Waals surface area contributed by atoms with Crippen molar-refractivity contribution in [2.24, 2.45) is 0 Å². The normalized spacial score (nSPS) is 18.9. The lowest BCUT2D eigenvalue weighted by molar-refractivity contribution is -0.160. The second-order valence-corrected chi connectivity index (χ2v) is 8.65. The summed E-state index contributed by atoms with van der Waals surface area (Å²) in [6.45, 7) is 5.47. The van der Waals surface area contributed by atoms with Crippen LogP contribution >= 0.6 is 0 Å². The Morgan fingerprint density at radius 2 is 1.59 bits per heavy atom. The summed E-state index contributed by atoms with van der Waals surface area (Å²) in [6.07, 6.45) is -0.883. The Kier molecular flexibility index (Phi) is 6.16. The summed E-state index contributed by atoms with van der Waals surface area (Å²) < 4.78 is 5.27. The summed E-state index contributed by atoms with van der Waals surface area (Å²) in [5.41, 5.74) is -0.290. The topological polar surface area (TPSA) is 121 Å². The molecule has 0 saturated carbocycles. The Morgan fingerprint density at radius 3 is 2.09 bits per heavy atom. The van der Waals surface area contributed by atoms with Gasteiger partial charge in [0.1, 0.15) is 18.2 Å². The van der Waals surface area contributed by atoms with E-state index in [4.69, 9.17) is 4.74 Å². The molecule has 2 aliphatic heterocycles. The van der Waals surface area contributed by atoms with Crippen LogP contribution in [0.5, 0.6) is 0 Å². The van der Waals surface area contributed by atoms with Gasteiger partial charge in [-0.2, -0.15) is 0 Å². The minimum absolute atomic E-state index is 0.00739. The first-order valence-electron chi connectivity index (χ1n) is 10.2. The minimum Gasteiger partial charge on any atom is -0.443 e. The molecule has 1 aromatic rings. The van der Waals surface area contributed by atoms with Crippen molar-refractivity contribution in [2.45, 2.75) is 52.2 Å². The van der Waals surface area contributed by atoms with Crippen molar-refractivity contribution in [3.63, 3.8) is 0 Å². The van der Waals surface area contributed by atoms with Crippen LogP contribution in [-0.4, -0.2) is 75.1 Å². The van der Waals surface area contributed by atoms with E-state index in [9.17, 15) is 28.8 Å². The molecule has 0 radical (unpaired) electrons. The molecule has 0 N–H and O–H groups in total. The number of rotatable bonds is 4. The van der Waals surface area contributed by atoms with Crippen LogP contribution in [0.3, 0.4) is 0 Å². The number of imide groups is 3. The molecule has 6 amide bonds. The highest BCUT2D eigenvalue weighted by molar-refractivity contribution is 6.21. The molecule has 32 heavy (non-hydrogen) atoms. The number of hydrogen-bond donors (Lipinski definition) is 0. The maximum Gasteiger partial charge on any atom is 0.417 e. The fraction of sp³-hybridized carbons (Fsp3) is 0.455. The van der Waals surface area contributed by atoms with Crippen LogP contribution in [0.15, 0.2) is 24.3 Å². The van der Waals surface area contributed by atoms with Gasteiger partial charge in [0.25, 0.3) is 23.6 Å². The van der Waals surface area contributed by atoms with Crippen LogP contribution in [0.1, 0.15) is 61.3 Å². The van der Waals surface area contributed by atoms with Gasteiger partial charge in [-0.15, -0.1) is 0 Å². The summed E-state index contributed by atoms with van der Waals surface area (Å²) >= 11 is 0. The molecule has 0 aliphatic carbocycles. The molecule has 1 fully saturated rings. The second-order valence-electron chi connectivity index (χ2n) is 8.65. The first kappa shape index (κ1) is 23.1. The van der Waals surface area contributed by atoms with Crippen LogP contribution in [0.25, 0.3) is 0 Å². The van der Waals surface area contributed by atoms with E-state index in [0.717, 1.165) is 21.6 Å². The highest BCUT2D eigenvalue weighted by Gasteiger charge is 2.45. The van der Waals surface area contributed by atoms with Crippen LogP contribution in [-0.2, 0) is 19.1 Å². The average molecular weight is 443 g/mol. The lowest BCUT2D eigenvalue weighted by atomic mass is 10.0. The van der Waals surface area contributed by atoms with Crippen molar-refractivity contribution < 1.29 is 33.5 Å². The summed E-state index contributed by atoms with van der Waals surface area (Å²) in [5.74, 6) is -2.93. The van der Waals surface area contributed by atoms with Crippen molar-refractivity contribution in [2.75, 3.05) is 13.1 Å². The van der Waals surface area contributed by atoms with Gasteiger partial charge in [-0.3, -0.25) is 33.8 Å². The predicted octanol–water partition coefficient (Wildman–Crippen LogP) is 1.58. The Balaban J connectivity index is 1.76. The standard InChI is InChI=1S/C22H25N3O7/c1-13(26)24-12-17(27)25(21(31)32-22(2,3)4)16(20(24)30)10-7-11-23-18(28)14-8-5-6-9-15(14)19(23)29/h5-6,8-9,16H,7,10-12H2,1-4H3/t16-/m0/s1. The molecular formula is C22H25N3O7. The Morgan fingerprint density at radius 1 is 1.03 bits per heavy atom. The number of carbonyl (C=O) groups excluding carboxylic acids is 6. The maximum absolute atomic E-state index is 12.9. The number of ether oxygens (including phenoxy) is 1. The van der Waals surface area contributed by atoms with E-state index in [-0.39, 0.29) is 19.4 Å². The minimum atomic E-state index is -1.27. The fourth-order valence-corrected chi connectivity index (χ4v) is 3.70. The van der Waals surface area contributed by atoms with E-state index in [1.165, 1.54) is 0 Å². The molecule has 0 spiro atoms. The first-order valence-corrected chi connectivity index (χ1v) is 10.2. The number of hydrogen-bond acceptors (Lipinski definition) is 7. The van der Waals surface area contributed by atoms with Gasteiger partial charge in [-0.25, -0.2) is 9.69 Å². The lowest BCUT2D eigenvalue weighted by Gasteiger charge is -2.38. The monoisotopic (exact) mass is 443 g/mol. The number of nitrogens with zero attached hydrogens (tertiary/aromatic N) is 3. The predicted molar refractivity (Wildman–Crippen MR) is 110 cm³/mol. The van der Waals surface area contributed by atoms with E-state index in [0.29, 0.717) is 11.1 Å². The number of amides is 6. The molecule has 1 atom stereocenters. The smallest absolute Gasteiger partial charge is 0.417 e. The second kappa shape index (κ2) is 8.52. The Bertz CT molecular complexity index is 976. The van der Waals surface area contributed by atoms with Crippen LogP contribution in [0, 0.1) is 0 Å². The van der Waals surface area contributed by atoms with E-state index in [1.807, 2.05) is 0 Å². The molecule has 10 nitrogen and oxygen atoms in total. The molecule has 170 valence electrons. The summed E-state index contributed by atoms with van der Waals surface area (Å²) in [5, 5.41) is 0. The van der Waals surface area contributed by atoms with Crippen LogP contribution < -0.4 is 0 Å². The SMILES string of the molecule is CC(=O)N1CC(=O)N(C(=O)OC(C)(C)C)[C@@H](CCCN2C(=O)c3ccccc3C2=O)C1=O. The Labute approximate surface area is 185 Å². The largest absolute Gasteiger partial charge is 0.443 e. The zero-order chi connectivity index (χ0) is 23.8. The third-order valence-electron chi connectivity index (χ3n) is 5.13. The van der Waals surface area contributed by atoms with Gasteiger partial charge >= 0.3 is 6.09 Å². The zero-order valence-corrected chi connectivity index (χ0v) is 18.4. The highest BCUT2D eigenvalue weighted by atomic mass is 16.6. The van der Waals surface area contributed by atoms with Gasteiger partial charge in [-0.05, 0) is 45.7 Å². The molecular weight excluding hydrogens is 418 g/mol. The molecule has 0 aromatic heterocycles. The highest BCUT2D eigenvalue weighted by Crippen LogP contribution is 2.25. The van der Waals surface area contributed by atoms with E-state index in [1.54, 1.807) is 45.0 Å². The number of fused-ring (bicyclic) bond motifs is 1. The third kappa shape index (κ3) is 4.39. The molecule has 2 heterocycles. The molecule has 0 unspecified atom stereocenters. The van der Waals surface area contributed by atoms with Gasteiger partial charge < -0.3 is 4.74 Å². The summed E-state index contributed by atoms with van der Waals surface area (Å²) in [6, 6.07) is 5.18. The zero-order valence-electron chi connectivity index (χ0n) is 18.4. The fourth-order valence-electron chi connectivity index (χ4n) is 3.70. The summed E-state index contributed by atoms with van der Waals surface area (Å²) in [4.78, 5) is 77.6. The molecule has 2 aliphatic rings. The lowest BCUT2D eigenvalue weighted by Crippen LogP contribution is -2.63. The van der Waals surface area contributed by atoms with Gasteiger partial charge in [-0.1, -0.05) is 12.1 Å². The first-order chi connectivity index (χ1) is 14.9. The van der Waals surface area contributed by atoms with Crippen LogP contribution in [0.2, 0.25) is 0 Å². The molecule has 3 rings (SSSR count). The molecule has 0 bridgehead atoms. The van der Waals surface area contributed by atoms with E-state index >= 15 is 0 Å². The van der Waals surface area contributed by atoms with Crippen molar-refractivity contribution >= 4 is 35.6 Å². The molecule has 1 saturated heterocycles. The van der Waals surface area contributed by atoms with E-state index < -0.39 is 53.8 Å². The number of benzene rings is 1. The van der Waals surface area contributed by atoms with Crippen molar-refractivity contribution in [3.8, 4) is 0 Å². The van der Waals surface area contributed by atoms with Gasteiger partial charge in [0.2, 0.25) is 5.91 Å². The van der Waals surface area contributed by atoms with Crippen LogP contribution in [0.4, 0.5) is 4.79 Å². The van der Waals surface area contributed by atoms with Gasteiger partial charge in [0, 0.05) is 13.5 Å². The maximum atomic E-state index is 12.9. The molecule has 10 heteroatoms. The third-order valence-corrected chi connectivity index (χ3v) is 5.13. The van der Waals surface area contributed by atoms with E-state index in [2.05, 4.69) is 0 Å². The quantitative estimate of drug-likeness (QED) is 0.648. The number of piperazine rings is 1. The Hall–Kier alpha value is -3.56. The molecule has 1 aromatic carbocycles. The average Bonchev–Trinajstić information content (AvgIpc) is 2.93. The van der Waals surface area contributed by atoms with Crippen molar-refractivity contribution in [1.82, 2.24) is 14.7 Å². The number of carbonyl (C=O) groups is 6. The van der Waals surface area contributed by atoms with Crippen molar-refractivity contribution in [1.29, 1.82) is 0 Å². The summed E-state index contributed by atoms with van der Waals surface area (Å²) in [7, 11) is 0. The van der Waals surface area contributed by atoms with Gasteiger partial charge in [0.15, 0.2) is 0 Å². The van der Waals surface area contributed by atoms with Crippen molar-refractivity contribution in [3.05, 3.63) is 35.4 Å². The van der Waals surface area contributed by atoms with Gasteiger partial charge in [0.05, 0.1) is 11.1 Å².